The van der Waals surface area contributed by atoms with Gasteiger partial charge in [0.1, 0.15) is 0 Å². The summed E-state index contributed by atoms with van der Waals surface area (Å²) in [7, 11) is 3.67. The topological polar surface area (TPSA) is 39.1 Å². The van der Waals surface area contributed by atoms with Crippen LogP contribution in [0.4, 0.5) is 0 Å². The van der Waals surface area contributed by atoms with Crippen molar-refractivity contribution in [3.05, 3.63) is 46.2 Å². The Bertz CT molecular complexity index is 583. The maximum absolute atomic E-state index is 5.49. The number of aromatic nitrogens is 2. The lowest BCUT2D eigenvalue weighted by Gasteiger charge is -2.20. The van der Waals surface area contributed by atoms with E-state index in [1.165, 1.54) is 5.56 Å². The fourth-order valence-corrected chi connectivity index (χ4v) is 2.94. The van der Waals surface area contributed by atoms with Crippen LogP contribution in [0.1, 0.15) is 30.6 Å². The first kappa shape index (κ1) is 16.0. The zero-order valence-corrected chi connectivity index (χ0v) is 14.4. The smallest absolute Gasteiger partial charge is 0.161 e. The Morgan fingerprint density at radius 2 is 2.14 bits per heavy atom. The van der Waals surface area contributed by atoms with Crippen LogP contribution >= 0.6 is 15.9 Å². The van der Waals surface area contributed by atoms with E-state index < -0.39 is 0 Å². The average molecular weight is 352 g/mol. The lowest BCUT2D eigenvalue weighted by Crippen LogP contribution is -2.23. The van der Waals surface area contributed by atoms with E-state index in [1.54, 1.807) is 13.3 Å². The molecule has 0 saturated carbocycles. The summed E-state index contributed by atoms with van der Waals surface area (Å²) in [4.78, 5) is 0. The number of nitrogens with zero attached hydrogens (tertiary/aromatic N) is 2. The van der Waals surface area contributed by atoms with E-state index in [9.17, 15) is 0 Å². The summed E-state index contributed by atoms with van der Waals surface area (Å²) >= 11 is 3.62. The molecule has 0 saturated heterocycles. The molecule has 0 fully saturated rings. The summed E-state index contributed by atoms with van der Waals surface area (Å²) in [5.41, 5.74) is 2.38. The summed E-state index contributed by atoms with van der Waals surface area (Å²) in [6.07, 6.45) is 3.72. The maximum atomic E-state index is 5.49. The molecule has 0 bridgehead atoms. The quantitative estimate of drug-likeness (QED) is 0.828. The van der Waals surface area contributed by atoms with Crippen molar-refractivity contribution in [2.24, 2.45) is 0 Å². The minimum Gasteiger partial charge on any atom is -0.493 e. The molecule has 2 aromatic rings. The molecule has 0 aliphatic heterocycles. The van der Waals surface area contributed by atoms with Crippen LogP contribution in [-0.2, 0) is 13.0 Å². The van der Waals surface area contributed by atoms with Gasteiger partial charge >= 0.3 is 0 Å². The molecule has 1 unspecified atom stereocenters. The summed E-state index contributed by atoms with van der Waals surface area (Å²) in [5, 5.41) is 7.84. The van der Waals surface area contributed by atoms with E-state index in [2.05, 4.69) is 51.5 Å². The number of aryl methyl sites for hydroxylation is 1. The normalized spacial score (nSPS) is 12.4. The number of ether oxygens (including phenoxy) is 1. The van der Waals surface area contributed by atoms with Crippen molar-refractivity contribution in [3.63, 3.8) is 0 Å². The molecule has 21 heavy (non-hydrogen) atoms. The van der Waals surface area contributed by atoms with Gasteiger partial charge in [-0.2, -0.15) is 5.10 Å². The third kappa shape index (κ3) is 3.66. The van der Waals surface area contributed by atoms with Crippen LogP contribution in [0.2, 0.25) is 0 Å². The molecule has 0 aliphatic carbocycles. The predicted molar refractivity (Wildman–Crippen MR) is 88.7 cm³/mol. The first-order valence-electron chi connectivity index (χ1n) is 7.21. The number of methoxy groups -OCH3 is 1. The van der Waals surface area contributed by atoms with E-state index in [0.29, 0.717) is 0 Å². The molecule has 0 amide bonds. The van der Waals surface area contributed by atoms with Gasteiger partial charge in [0, 0.05) is 11.0 Å². The van der Waals surface area contributed by atoms with E-state index in [1.807, 2.05) is 17.8 Å². The minimum atomic E-state index is 0.160. The summed E-state index contributed by atoms with van der Waals surface area (Å²) in [6, 6.07) is 8.47. The number of hydrogen-bond donors (Lipinski definition) is 1. The Labute approximate surface area is 134 Å². The molecule has 114 valence electrons. The van der Waals surface area contributed by atoms with Crippen LogP contribution in [0.5, 0.6) is 5.75 Å². The van der Waals surface area contributed by atoms with Gasteiger partial charge in [-0.3, -0.25) is 4.68 Å². The van der Waals surface area contributed by atoms with Crippen LogP contribution in [-0.4, -0.2) is 23.9 Å². The van der Waals surface area contributed by atoms with Crippen LogP contribution in [0.3, 0.4) is 0 Å². The Hall–Kier alpha value is -1.33. The van der Waals surface area contributed by atoms with Crippen LogP contribution in [0.15, 0.2) is 34.9 Å². The highest BCUT2D eigenvalue weighted by atomic mass is 79.9. The standard InChI is InChI=1S/C16H22BrN3O/c1-4-9-20-16(15(21-3)11-19-20)14(18-2)10-12-7-5-6-8-13(12)17/h5-8,11,14,18H,4,9-10H2,1-3H3. The van der Waals surface area contributed by atoms with Crippen LogP contribution in [0, 0.1) is 0 Å². The molecule has 0 spiro atoms. The molecule has 0 radical (unpaired) electrons. The molecule has 1 aromatic carbocycles. The van der Waals surface area contributed by atoms with E-state index in [0.717, 1.165) is 35.3 Å². The molecular weight excluding hydrogens is 330 g/mol. The van der Waals surface area contributed by atoms with E-state index in [4.69, 9.17) is 4.74 Å². The highest BCUT2D eigenvalue weighted by Gasteiger charge is 2.21. The van der Waals surface area contributed by atoms with Gasteiger partial charge < -0.3 is 10.1 Å². The number of halogens is 1. The number of nitrogens with one attached hydrogen (secondary N) is 1. The lowest BCUT2D eigenvalue weighted by molar-refractivity contribution is 0.393. The van der Waals surface area contributed by atoms with Crippen molar-refractivity contribution in [2.75, 3.05) is 14.2 Å². The second kappa shape index (κ2) is 7.61. The molecule has 0 aliphatic rings. The third-order valence-corrected chi connectivity index (χ3v) is 4.33. The van der Waals surface area contributed by atoms with Gasteiger partial charge in [0.25, 0.3) is 0 Å². The second-order valence-electron chi connectivity index (χ2n) is 4.96. The van der Waals surface area contributed by atoms with Gasteiger partial charge in [-0.05, 0) is 31.5 Å². The SMILES string of the molecule is CCCn1ncc(OC)c1C(Cc1ccccc1Br)NC. The number of hydrogen-bond acceptors (Lipinski definition) is 3. The lowest BCUT2D eigenvalue weighted by atomic mass is 10.0. The molecule has 4 nitrogen and oxygen atoms in total. The molecular formula is C16H22BrN3O. The van der Waals surface area contributed by atoms with Crippen molar-refractivity contribution in [1.82, 2.24) is 15.1 Å². The van der Waals surface area contributed by atoms with Gasteiger partial charge in [0.2, 0.25) is 0 Å². The first-order valence-corrected chi connectivity index (χ1v) is 8.00. The highest BCUT2D eigenvalue weighted by Crippen LogP contribution is 2.29. The zero-order chi connectivity index (χ0) is 15.2. The fourth-order valence-electron chi connectivity index (χ4n) is 2.50. The van der Waals surface area contributed by atoms with Gasteiger partial charge in [0.05, 0.1) is 25.0 Å². The van der Waals surface area contributed by atoms with Crippen LogP contribution < -0.4 is 10.1 Å². The van der Waals surface area contributed by atoms with Gasteiger partial charge in [-0.25, -0.2) is 0 Å². The van der Waals surface area contributed by atoms with Crippen molar-refractivity contribution in [2.45, 2.75) is 32.4 Å². The van der Waals surface area contributed by atoms with Crippen LogP contribution in [0.25, 0.3) is 0 Å². The molecule has 1 aromatic heterocycles. The van der Waals surface area contributed by atoms with Gasteiger partial charge in [-0.1, -0.05) is 41.1 Å². The Kier molecular flexibility index (Phi) is 5.82. The largest absolute Gasteiger partial charge is 0.493 e. The Balaban J connectivity index is 2.32. The second-order valence-corrected chi connectivity index (χ2v) is 5.81. The molecule has 5 heteroatoms. The monoisotopic (exact) mass is 351 g/mol. The first-order chi connectivity index (χ1) is 10.2. The third-order valence-electron chi connectivity index (χ3n) is 3.56. The Morgan fingerprint density at radius 1 is 1.38 bits per heavy atom. The van der Waals surface area contributed by atoms with Crippen molar-refractivity contribution < 1.29 is 4.74 Å². The van der Waals surface area contributed by atoms with Crippen molar-refractivity contribution in [3.8, 4) is 5.75 Å². The molecule has 1 N–H and O–H groups in total. The average Bonchev–Trinajstić information content (AvgIpc) is 2.90. The molecule has 2 rings (SSSR count). The van der Waals surface area contributed by atoms with Crippen molar-refractivity contribution in [1.29, 1.82) is 0 Å². The number of benzene rings is 1. The number of rotatable bonds is 7. The maximum Gasteiger partial charge on any atom is 0.161 e. The van der Waals surface area contributed by atoms with E-state index >= 15 is 0 Å². The van der Waals surface area contributed by atoms with Gasteiger partial charge in [0.15, 0.2) is 5.75 Å². The Morgan fingerprint density at radius 3 is 2.76 bits per heavy atom. The fraction of sp³-hybridized carbons (Fsp3) is 0.438. The number of likely N-dealkylation sites (N-methyl/N-ethyl adjacent to an activating group) is 1. The van der Waals surface area contributed by atoms with Gasteiger partial charge in [-0.15, -0.1) is 0 Å². The summed E-state index contributed by atoms with van der Waals surface area (Å²) in [6.45, 7) is 3.05. The summed E-state index contributed by atoms with van der Waals surface area (Å²) < 4.78 is 8.66. The molecule has 1 atom stereocenters. The molecule has 1 heterocycles. The van der Waals surface area contributed by atoms with Crippen molar-refractivity contribution >= 4 is 15.9 Å². The summed E-state index contributed by atoms with van der Waals surface area (Å²) in [5.74, 6) is 0.842. The predicted octanol–water partition coefficient (Wildman–Crippen LogP) is 3.57. The zero-order valence-electron chi connectivity index (χ0n) is 12.8. The highest BCUT2D eigenvalue weighted by molar-refractivity contribution is 9.10. The minimum absolute atomic E-state index is 0.160. The van der Waals surface area contributed by atoms with E-state index in [-0.39, 0.29) is 6.04 Å².